The number of hydrogen-bond acceptors (Lipinski definition) is 2. The minimum atomic E-state index is -0.241. The van der Waals surface area contributed by atoms with Gasteiger partial charge in [-0.25, -0.2) is 4.79 Å². The third-order valence-corrected chi connectivity index (χ3v) is 3.16. The van der Waals surface area contributed by atoms with Crippen molar-refractivity contribution in [1.29, 1.82) is 0 Å². The van der Waals surface area contributed by atoms with Crippen LogP contribution >= 0.6 is 11.6 Å². The summed E-state index contributed by atoms with van der Waals surface area (Å²) >= 11 is 6.10. The van der Waals surface area contributed by atoms with Crippen molar-refractivity contribution >= 4 is 17.7 Å². The highest BCUT2D eigenvalue weighted by atomic mass is 35.5. The first kappa shape index (κ1) is 12.2. The fraction of sp³-hybridized carbons (Fsp3) is 0.462. The maximum atomic E-state index is 11.8. The third-order valence-electron chi connectivity index (χ3n) is 2.79. The van der Waals surface area contributed by atoms with Gasteiger partial charge in [-0.1, -0.05) is 29.8 Å². The van der Waals surface area contributed by atoms with Gasteiger partial charge in [0, 0.05) is 11.1 Å². The number of amides is 1. The zero-order chi connectivity index (χ0) is 12.3. The van der Waals surface area contributed by atoms with E-state index in [4.69, 9.17) is 16.3 Å². The molecule has 0 aromatic heterocycles. The molecule has 17 heavy (non-hydrogen) atoms. The molecule has 0 aliphatic heterocycles. The predicted octanol–water partition coefficient (Wildman–Crippen LogP) is 3.46. The molecule has 1 saturated carbocycles. The number of carbonyl (C=O) groups excluding carboxylic acids is 1. The van der Waals surface area contributed by atoms with Crippen LogP contribution in [0.3, 0.4) is 0 Å². The fourth-order valence-corrected chi connectivity index (χ4v) is 1.94. The van der Waals surface area contributed by atoms with Gasteiger partial charge in [0.2, 0.25) is 0 Å². The normalized spacial score (nSPS) is 14.5. The number of ether oxygens (including phenoxy) is 1. The highest BCUT2D eigenvalue weighted by Crippen LogP contribution is 2.30. The average molecular weight is 254 g/mol. The molecule has 0 unspecified atom stereocenters. The molecule has 1 aliphatic rings. The number of benzene rings is 1. The van der Waals surface area contributed by atoms with E-state index >= 15 is 0 Å². The van der Waals surface area contributed by atoms with Crippen LogP contribution in [0, 0.1) is 0 Å². The highest BCUT2D eigenvalue weighted by Gasteiger charge is 2.33. The molecule has 4 heteroatoms. The van der Waals surface area contributed by atoms with E-state index in [1.54, 1.807) is 4.90 Å². The lowest BCUT2D eigenvalue weighted by atomic mass is 10.2. The van der Waals surface area contributed by atoms with Gasteiger partial charge in [0.25, 0.3) is 0 Å². The van der Waals surface area contributed by atoms with E-state index in [0.717, 1.165) is 18.4 Å². The van der Waals surface area contributed by atoms with Crippen molar-refractivity contribution in [2.24, 2.45) is 0 Å². The average Bonchev–Trinajstić information content (AvgIpc) is 3.12. The Bertz CT molecular complexity index is 404. The Morgan fingerprint density at radius 3 is 2.76 bits per heavy atom. The zero-order valence-electron chi connectivity index (χ0n) is 9.86. The molecular formula is C13H16ClNO2. The van der Waals surface area contributed by atoms with Crippen molar-refractivity contribution in [1.82, 2.24) is 4.90 Å². The van der Waals surface area contributed by atoms with Gasteiger partial charge in [0.05, 0.1) is 13.2 Å². The maximum absolute atomic E-state index is 11.8. The summed E-state index contributed by atoms with van der Waals surface area (Å²) in [5, 5.41) is 0.697. The molecule has 92 valence electrons. The fourth-order valence-electron chi connectivity index (χ4n) is 1.75. The summed E-state index contributed by atoms with van der Waals surface area (Å²) < 4.78 is 5.06. The van der Waals surface area contributed by atoms with Crippen LogP contribution in [0.25, 0.3) is 0 Å². The molecule has 0 atom stereocenters. The van der Waals surface area contributed by atoms with Crippen LogP contribution in [-0.2, 0) is 11.3 Å². The van der Waals surface area contributed by atoms with E-state index in [1.807, 2.05) is 31.2 Å². The van der Waals surface area contributed by atoms with Gasteiger partial charge < -0.3 is 9.64 Å². The van der Waals surface area contributed by atoms with Gasteiger partial charge in [-0.05, 0) is 31.4 Å². The molecule has 1 amide bonds. The summed E-state index contributed by atoms with van der Waals surface area (Å²) in [5.74, 6) is 0. The van der Waals surface area contributed by atoms with Crippen molar-refractivity contribution in [2.45, 2.75) is 32.4 Å². The topological polar surface area (TPSA) is 29.5 Å². The summed E-state index contributed by atoms with van der Waals surface area (Å²) in [6, 6.07) is 7.92. The Hall–Kier alpha value is -1.22. The van der Waals surface area contributed by atoms with Crippen LogP contribution in [0.15, 0.2) is 24.3 Å². The van der Waals surface area contributed by atoms with Gasteiger partial charge in [-0.15, -0.1) is 0 Å². The molecule has 1 aromatic carbocycles. The van der Waals surface area contributed by atoms with Gasteiger partial charge in [-0.2, -0.15) is 0 Å². The minimum Gasteiger partial charge on any atom is -0.450 e. The smallest absolute Gasteiger partial charge is 0.410 e. The lowest BCUT2D eigenvalue weighted by Crippen LogP contribution is -2.33. The molecule has 0 saturated heterocycles. The van der Waals surface area contributed by atoms with Crippen LogP contribution in [0.2, 0.25) is 5.02 Å². The lowest BCUT2D eigenvalue weighted by Gasteiger charge is -2.22. The van der Waals surface area contributed by atoms with Crippen LogP contribution in [0.5, 0.6) is 0 Å². The second-order valence-electron chi connectivity index (χ2n) is 4.15. The molecule has 0 N–H and O–H groups in total. The second kappa shape index (κ2) is 5.41. The van der Waals surface area contributed by atoms with Crippen molar-refractivity contribution < 1.29 is 9.53 Å². The maximum Gasteiger partial charge on any atom is 0.410 e. The van der Waals surface area contributed by atoms with Gasteiger partial charge in [-0.3, -0.25) is 0 Å². The summed E-state index contributed by atoms with van der Waals surface area (Å²) in [4.78, 5) is 13.6. The third kappa shape index (κ3) is 3.13. The first-order valence-electron chi connectivity index (χ1n) is 5.89. The second-order valence-corrected chi connectivity index (χ2v) is 4.56. The quantitative estimate of drug-likeness (QED) is 0.822. The molecule has 0 spiro atoms. The van der Waals surface area contributed by atoms with Crippen molar-refractivity contribution in [3.8, 4) is 0 Å². The Morgan fingerprint density at radius 1 is 1.47 bits per heavy atom. The Labute approximate surface area is 106 Å². The SMILES string of the molecule is CCOC(=O)N(Cc1ccccc1Cl)C1CC1. The highest BCUT2D eigenvalue weighted by molar-refractivity contribution is 6.31. The van der Waals surface area contributed by atoms with Crippen LogP contribution < -0.4 is 0 Å². The molecular weight excluding hydrogens is 238 g/mol. The van der Waals surface area contributed by atoms with Gasteiger partial charge >= 0.3 is 6.09 Å². The van der Waals surface area contributed by atoms with E-state index in [9.17, 15) is 4.79 Å². The first-order chi connectivity index (χ1) is 8.22. The number of hydrogen-bond donors (Lipinski definition) is 0. The first-order valence-corrected chi connectivity index (χ1v) is 6.27. The van der Waals surface area contributed by atoms with Crippen molar-refractivity contribution in [2.75, 3.05) is 6.61 Å². The Morgan fingerprint density at radius 2 is 2.18 bits per heavy atom. The van der Waals surface area contributed by atoms with E-state index < -0.39 is 0 Å². The number of rotatable bonds is 4. The summed E-state index contributed by atoms with van der Waals surface area (Å²) in [5.41, 5.74) is 0.967. The number of carbonyl (C=O) groups is 1. The summed E-state index contributed by atoms with van der Waals surface area (Å²) in [6.07, 6.45) is 1.88. The van der Waals surface area contributed by atoms with E-state index in [-0.39, 0.29) is 6.09 Å². The van der Waals surface area contributed by atoms with E-state index in [0.29, 0.717) is 24.2 Å². The van der Waals surface area contributed by atoms with Crippen molar-refractivity contribution in [3.05, 3.63) is 34.9 Å². The van der Waals surface area contributed by atoms with E-state index in [1.165, 1.54) is 0 Å². The van der Waals surface area contributed by atoms with E-state index in [2.05, 4.69) is 0 Å². The minimum absolute atomic E-state index is 0.241. The molecule has 0 bridgehead atoms. The molecule has 1 aliphatic carbocycles. The lowest BCUT2D eigenvalue weighted by molar-refractivity contribution is 0.102. The van der Waals surface area contributed by atoms with Crippen LogP contribution in [0.1, 0.15) is 25.3 Å². The monoisotopic (exact) mass is 253 g/mol. The molecule has 2 rings (SSSR count). The molecule has 1 fully saturated rings. The van der Waals surface area contributed by atoms with Crippen LogP contribution in [0.4, 0.5) is 4.79 Å². The number of nitrogens with zero attached hydrogens (tertiary/aromatic N) is 1. The Balaban J connectivity index is 2.08. The van der Waals surface area contributed by atoms with Crippen molar-refractivity contribution in [3.63, 3.8) is 0 Å². The number of halogens is 1. The molecule has 0 heterocycles. The predicted molar refractivity (Wildman–Crippen MR) is 67.0 cm³/mol. The Kier molecular flexibility index (Phi) is 3.89. The van der Waals surface area contributed by atoms with Gasteiger partial charge in [0.15, 0.2) is 0 Å². The van der Waals surface area contributed by atoms with Crippen LogP contribution in [-0.4, -0.2) is 23.6 Å². The zero-order valence-corrected chi connectivity index (χ0v) is 10.6. The van der Waals surface area contributed by atoms with Gasteiger partial charge in [0.1, 0.15) is 0 Å². The standard InChI is InChI=1S/C13H16ClNO2/c1-2-17-13(16)15(11-7-8-11)9-10-5-3-4-6-12(10)14/h3-6,11H,2,7-9H2,1H3. The molecule has 1 aromatic rings. The summed E-state index contributed by atoms with van der Waals surface area (Å²) in [7, 11) is 0. The molecule has 0 radical (unpaired) electrons. The largest absolute Gasteiger partial charge is 0.450 e. The summed E-state index contributed by atoms with van der Waals surface area (Å²) in [6.45, 7) is 2.76. The molecule has 3 nitrogen and oxygen atoms in total.